The molecular weight excluding hydrogens is 369 g/mol. The average molecular weight is 387 g/mol. The Morgan fingerprint density at radius 3 is 2.81 bits per heavy atom. The van der Waals surface area contributed by atoms with Gasteiger partial charge in [0.25, 0.3) is 0 Å². The van der Waals surface area contributed by atoms with Crippen LogP contribution in [0.1, 0.15) is 29.2 Å². The summed E-state index contributed by atoms with van der Waals surface area (Å²) in [6, 6.07) is 7.62. The standard InChI is InChI=1S/C19H18FN3O3S/c1-11(17-14(20)5-4-8-21-17)23(18(24)19(25)26-3)10-13-6-7-16-15(9-13)22-12(2)27-16/h4-9,11H,10H2,1-3H3. The van der Waals surface area contributed by atoms with E-state index < -0.39 is 23.7 Å². The minimum Gasteiger partial charge on any atom is -0.462 e. The number of carbonyl (C=O) groups is 2. The molecule has 0 bridgehead atoms. The summed E-state index contributed by atoms with van der Waals surface area (Å²) < 4.78 is 19.8. The van der Waals surface area contributed by atoms with Crippen LogP contribution in [-0.4, -0.2) is 33.9 Å². The van der Waals surface area contributed by atoms with Crippen molar-refractivity contribution in [1.82, 2.24) is 14.9 Å². The molecule has 0 saturated carbocycles. The second-order valence-electron chi connectivity index (χ2n) is 6.01. The highest BCUT2D eigenvalue weighted by Gasteiger charge is 2.30. The number of aromatic nitrogens is 2. The third kappa shape index (κ3) is 3.95. The maximum atomic E-state index is 14.2. The molecule has 0 spiro atoms. The van der Waals surface area contributed by atoms with Crippen LogP contribution in [0.25, 0.3) is 10.2 Å². The summed E-state index contributed by atoms with van der Waals surface area (Å²) in [6.07, 6.45) is 1.44. The number of carbonyl (C=O) groups excluding carboxylic acids is 2. The number of fused-ring (bicyclic) bond motifs is 1. The molecule has 0 saturated heterocycles. The molecular formula is C19H18FN3O3S. The van der Waals surface area contributed by atoms with Gasteiger partial charge in [0.05, 0.1) is 34.1 Å². The average Bonchev–Trinajstić information content (AvgIpc) is 3.04. The van der Waals surface area contributed by atoms with E-state index in [1.54, 1.807) is 18.3 Å². The molecule has 0 aliphatic rings. The van der Waals surface area contributed by atoms with Gasteiger partial charge in [-0.1, -0.05) is 6.07 Å². The second kappa shape index (κ2) is 7.79. The van der Waals surface area contributed by atoms with Gasteiger partial charge < -0.3 is 9.64 Å². The van der Waals surface area contributed by atoms with E-state index in [4.69, 9.17) is 0 Å². The van der Waals surface area contributed by atoms with Crippen molar-refractivity contribution in [3.63, 3.8) is 0 Å². The number of rotatable bonds is 4. The number of halogens is 1. The molecule has 2 aromatic heterocycles. The van der Waals surface area contributed by atoms with Gasteiger partial charge >= 0.3 is 11.9 Å². The van der Waals surface area contributed by atoms with Crippen LogP contribution in [0.4, 0.5) is 4.39 Å². The van der Waals surface area contributed by atoms with Gasteiger partial charge in [-0.05, 0) is 43.7 Å². The summed E-state index contributed by atoms with van der Waals surface area (Å²) >= 11 is 1.57. The monoisotopic (exact) mass is 387 g/mol. The lowest BCUT2D eigenvalue weighted by atomic mass is 10.1. The first kappa shape index (κ1) is 18.9. The van der Waals surface area contributed by atoms with Gasteiger partial charge in [-0.25, -0.2) is 14.2 Å². The third-order valence-electron chi connectivity index (χ3n) is 4.18. The van der Waals surface area contributed by atoms with Crippen molar-refractivity contribution >= 4 is 33.4 Å². The number of benzene rings is 1. The molecule has 0 aliphatic heterocycles. The molecule has 8 heteroatoms. The van der Waals surface area contributed by atoms with Crippen LogP contribution in [0.2, 0.25) is 0 Å². The third-order valence-corrected chi connectivity index (χ3v) is 5.13. The summed E-state index contributed by atoms with van der Waals surface area (Å²) in [5.74, 6) is -2.41. The number of pyridine rings is 1. The molecule has 0 aliphatic carbocycles. The Hall–Kier alpha value is -2.87. The first-order valence-corrected chi connectivity index (χ1v) is 9.07. The van der Waals surface area contributed by atoms with Crippen LogP contribution in [0.15, 0.2) is 36.5 Å². The zero-order valence-electron chi connectivity index (χ0n) is 15.1. The molecule has 2 heterocycles. The SMILES string of the molecule is COC(=O)C(=O)N(Cc1ccc2sc(C)nc2c1)C(C)c1ncccc1F. The van der Waals surface area contributed by atoms with Crippen molar-refractivity contribution in [2.45, 2.75) is 26.4 Å². The van der Waals surface area contributed by atoms with Crippen molar-refractivity contribution in [2.24, 2.45) is 0 Å². The number of thiazole rings is 1. The summed E-state index contributed by atoms with van der Waals surface area (Å²) in [7, 11) is 1.13. The summed E-state index contributed by atoms with van der Waals surface area (Å²) in [5.41, 5.74) is 1.67. The Labute approximate surface area is 159 Å². The molecule has 1 atom stereocenters. The van der Waals surface area contributed by atoms with Crippen molar-refractivity contribution in [2.75, 3.05) is 7.11 Å². The van der Waals surface area contributed by atoms with E-state index in [9.17, 15) is 14.0 Å². The second-order valence-corrected chi connectivity index (χ2v) is 7.24. The first-order chi connectivity index (χ1) is 12.9. The predicted octanol–water partition coefficient (Wildman–Crippen LogP) is 3.40. The van der Waals surface area contributed by atoms with Crippen LogP contribution in [-0.2, 0) is 20.9 Å². The van der Waals surface area contributed by atoms with E-state index in [1.165, 1.54) is 23.2 Å². The van der Waals surface area contributed by atoms with Gasteiger partial charge in [-0.15, -0.1) is 11.3 Å². The molecule has 0 fully saturated rings. The summed E-state index contributed by atoms with van der Waals surface area (Å²) in [4.78, 5) is 34.1. The molecule has 140 valence electrons. The van der Waals surface area contributed by atoms with E-state index >= 15 is 0 Å². The van der Waals surface area contributed by atoms with E-state index in [2.05, 4.69) is 14.7 Å². The number of hydrogen-bond donors (Lipinski definition) is 0. The number of methoxy groups -OCH3 is 1. The van der Waals surface area contributed by atoms with Crippen LogP contribution in [0.3, 0.4) is 0 Å². The van der Waals surface area contributed by atoms with Crippen molar-refractivity contribution < 1.29 is 18.7 Å². The Balaban J connectivity index is 1.96. The molecule has 0 radical (unpaired) electrons. The molecule has 1 aromatic carbocycles. The fourth-order valence-corrected chi connectivity index (χ4v) is 3.63. The van der Waals surface area contributed by atoms with Crippen LogP contribution in [0, 0.1) is 12.7 Å². The van der Waals surface area contributed by atoms with Crippen molar-refractivity contribution in [3.05, 3.63) is 58.6 Å². The number of nitrogens with zero attached hydrogens (tertiary/aromatic N) is 3. The predicted molar refractivity (Wildman–Crippen MR) is 99.5 cm³/mol. The molecule has 27 heavy (non-hydrogen) atoms. The Kier molecular flexibility index (Phi) is 5.46. The fourth-order valence-electron chi connectivity index (χ4n) is 2.83. The highest BCUT2D eigenvalue weighted by Crippen LogP contribution is 2.26. The maximum absolute atomic E-state index is 14.2. The lowest BCUT2D eigenvalue weighted by Gasteiger charge is -2.28. The van der Waals surface area contributed by atoms with Crippen LogP contribution >= 0.6 is 11.3 Å². The van der Waals surface area contributed by atoms with Gasteiger partial charge in [0, 0.05) is 12.7 Å². The molecule has 3 rings (SSSR count). The van der Waals surface area contributed by atoms with Gasteiger partial charge in [-0.3, -0.25) is 9.78 Å². The van der Waals surface area contributed by atoms with Gasteiger partial charge in [0.1, 0.15) is 5.82 Å². The minimum absolute atomic E-state index is 0.0836. The van der Waals surface area contributed by atoms with Gasteiger partial charge in [-0.2, -0.15) is 0 Å². The fraction of sp³-hybridized carbons (Fsp3) is 0.263. The molecule has 6 nitrogen and oxygen atoms in total. The van der Waals surface area contributed by atoms with E-state index in [-0.39, 0.29) is 12.2 Å². The molecule has 1 amide bonds. The number of ether oxygens (including phenoxy) is 1. The van der Waals surface area contributed by atoms with E-state index in [1.807, 2.05) is 25.1 Å². The Morgan fingerprint density at radius 1 is 1.33 bits per heavy atom. The lowest BCUT2D eigenvalue weighted by Crippen LogP contribution is -2.39. The van der Waals surface area contributed by atoms with Crippen molar-refractivity contribution in [1.29, 1.82) is 0 Å². The van der Waals surface area contributed by atoms with Crippen LogP contribution in [0.5, 0.6) is 0 Å². The minimum atomic E-state index is -1.01. The lowest BCUT2D eigenvalue weighted by molar-refractivity contribution is -0.159. The Morgan fingerprint density at radius 2 is 2.11 bits per heavy atom. The molecule has 3 aromatic rings. The smallest absolute Gasteiger partial charge is 0.396 e. The summed E-state index contributed by atoms with van der Waals surface area (Å²) in [5, 5.41) is 0.938. The Bertz CT molecular complexity index is 1000. The van der Waals surface area contributed by atoms with E-state index in [0.717, 1.165) is 27.9 Å². The number of aryl methyl sites for hydroxylation is 1. The zero-order valence-corrected chi connectivity index (χ0v) is 15.9. The topological polar surface area (TPSA) is 72.4 Å². The van der Waals surface area contributed by atoms with Gasteiger partial charge in [0.15, 0.2) is 0 Å². The number of hydrogen-bond acceptors (Lipinski definition) is 6. The summed E-state index contributed by atoms with van der Waals surface area (Å²) in [6.45, 7) is 3.64. The molecule has 0 N–H and O–H groups in total. The number of amides is 1. The quantitative estimate of drug-likeness (QED) is 0.507. The zero-order chi connectivity index (χ0) is 19.6. The maximum Gasteiger partial charge on any atom is 0.396 e. The van der Waals surface area contributed by atoms with E-state index in [0.29, 0.717) is 0 Å². The molecule has 1 unspecified atom stereocenters. The first-order valence-electron chi connectivity index (χ1n) is 8.26. The largest absolute Gasteiger partial charge is 0.462 e. The van der Waals surface area contributed by atoms with Gasteiger partial charge in [0.2, 0.25) is 0 Å². The number of esters is 1. The van der Waals surface area contributed by atoms with Crippen molar-refractivity contribution in [3.8, 4) is 0 Å². The normalized spacial score (nSPS) is 12.0. The van der Waals surface area contributed by atoms with Crippen LogP contribution < -0.4 is 0 Å². The highest BCUT2D eigenvalue weighted by molar-refractivity contribution is 7.18. The highest BCUT2D eigenvalue weighted by atomic mass is 32.1.